The molecule has 0 radical (unpaired) electrons. The molecule has 1 heterocycles. The van der Waals surface area contributed by atoms with Gasteiger partial charge in [0.2, 0.25) is 0 Å². The van der Waals surface area contributed by atoms with E-state index in [9.17, 15) is 0 Å². The Kier molecular flexibility index (Phi) is 5.56. The van der Waals surface area contributed by atoms with Crippen LogP contribution in [0.4, 0.5) is 0 Å². The Morgan fingerprint density at radius 1 is 1.37 bits per heavy atom. The summed E-state index contributed by atoms with van der Waals surface area (Å²) >= 11 is 0. The first-order chi connectivity index (χ1) is 8.77. The summed E-state index contributed by atoms with van der Waals surface area (Å²) < 4.78 is 2.34. The predicted octanol–water partition coefficient (Wildman–Crippen LogP) is 2.49. The van der Waals surface area contributed by atoms with Gasteiger partial charge in [0, 0.05) is 12.6 Å². The van der Waals surface area contributed by atoms with Gasteiger partial charge in [0.15, 0.2) is 0 Å². The van der Waals surface area contributed by atoms with E-state index in [1.165, 1.54) is 12.1 Å². The standard InChI is InChI=1S/C15H30N4/c1-12(2)8-13(10-18(6)7)19-11-17-9-14(19)15(3,4)16-5/h9,11-13,16H,8,10H2,1-7H3. The molecule has 4 nitrogen and oxygen atoms in total. The van der Waals surface area contributed by atoms with Crippen molar-refractivity contribution in [2.24, 2.45) is 5.92 Å². The average molecular weight is 266 g/mol. The molecule has 0 aliphatic heterocycles. The number of likely N-dealkylation sites (N-methyl/N-ethyl adjacent to an activating group) is 1. The topological polar surface area (TPSA) is 33.1 Å². The third-order valence-electron chi connectivity index (χ3n) is 3.64. The molecule has 1 rings (SSSR count). The molecule has 19 heavy (non-hydrogen) atoms. The molecule has 1 unspecified atom stereocenters. The van der Waals surface area contributed by atoms with Crippen LogP contribution < -0.4 is 5.32 Å². The second kappa shape index (κ2) is 6.53. The Hall–Kier alpha value is -0.870. The summed E-state index contributed by atoms with van der Waals surface area (Å²) in [6.07, 6.45) is 5.13. The molecule has 1 aromatic rings. The van der Waals surface area contributed by atoms with Crippen LogP contribution >= 0.6 is 0 Å². The summed E-state index contributed by atoms with van der Waals surface area (Å²) in [4.78, 5) is 6.63. The molecule has 0 aliphatic carbocycles. The van der Waals surface area contributed by atoms with Crippen LogP contribution in [0.15, 0.2) is 12.5 Å². The molecule has 1 atom stereocenters. The van der Waals surface area contributed by atoms with E-state index >= 15 is 0 Å². The maximum absolute atomic E-state index is 4.38. The minimum Gasteiger partial charge on any atom is -0.329 e. The molecule has 0 saturated carbocycles. The quantitative estimate of drug-likeness (QED) is 0.823. The van der Waals surface area contributed by atoms with Crippen molar-refractivity contribution in [3.8, 4) is 0 Å². The second-order valence-corrected chi connectivity index (χ2v) is 6.61. The maximum atomic E-state index is 4.38. The normalized spacial score (nSPS) is 14.4. The van der Waals surface area contributed by atoms with Gasteiger partial charge >= 0.3 is 0 Å². The highest BCUT2D eigenvalue weighted by atomic mass is 15.2. The lowest BCUT2D eigenvalue weighted by Crippen LogP contribution is -2.37. The van der Waals surface area contributed by atoms with Gasteiger partial charge in [-0.3, -0.25) is 0 Å². The first-order valence-corrected chi connectivity index (χ1v) is 7.14. The highest BCUT2D eigenvalue weighted by Crippen LogP contribution is 2.26. The number of imidazole rings is 1. The van der Waals surface area contributed by atoms with E-state index in [4.69, 9.17) is 0 Å². The Morgan fingerprint density at radius 2 is 2.00 bits per heavy atom. The van der Waals surface area contributed by atoms with Crippen LogP contribution in [0.1, 0.15) is 45.9 Å². The number of nitrogens with one attached hydrogen (secondary N) is 1. The molecule has 0 aromatic carbocycles. The van der Waals surface area contributed by atoms with E-state index in [-0.39, 0.29) is 5.54 Å². The van der Waals surface area contributed by atoms with Crippen LogP contribution in [0.25, 0.3) is 0 Å². The van der Waals surface area contributed by atoms with Crippen molar-refractivity contribution in [3.05, 3.63) is 18.2 Å². The largest absolute Gasteiger partial charge is 0.329 e. The van der Waals surface area contributed by atoms with Crippen LogP contribution in [0.3, 0.4) is 0 Å². The summed E-state index contributed by atoms with van der Waals surface area (Å²) in [6, 6.07) is 0.472. The molecule has 0 saturated heterocycles. The van der Waals surface area contributed by atoms with E-state index in [1.54, 1.807) is 0 Å². The number of hydrogen-bond acceptors (Lipinski definition) is 3. The molecular weight excluding hydrogens is 236 g/mol. The van der Waals surface area contributed by atoms with Gasteiger partial charge in [0.1, 0.15) is 0 Å². The Bertz CT molecular complexity index is 369. The van der Waals surface area contributed by atoms with Crippen molar-refractivity contribution in [2.45, 2.75) is 45.7 Å². The van der Waals surface area contributed by atoms with E-state index in [0.29, 0.717) is 12.0 Å². The highest BCUT2D eigenvalue weighted by molar-refractivity contribution is 5.12. The predicted molar refractivity (Wildman–Crippen MR) is 81.4 cm³/mol. The molecule has 1 aromatic heterocycles. The minimum atomic E-state index is -0.0575. The van der Waals surface area contributed by atoms with Gasteiger partial charge in [-0.2, -0.15) is 0 Å². The van der Waals surface area contributed by atoms with E-state index in [0.717, 1.165) is 6.54 Å². The molecule has 0 amide bonds. The van der Waals surface area contributed by atoms with Crippen LogP contribution in [0.2, 0.25) is 0 Å². The first-order valence-electron chi connectivity index (χ1n) is 7.14. The first kappa shape index (κ1) is 16.2. The smallest absolute Gasteiger partial charge is 0.0951 e. The van der Waals surface area contributed by atoms with Crippen molar-refractivity contribution >= 4 is 0 Å². The summed E-state index contributed by atoms with van der Waals surface area (Å²) in [6.45, 7) is 10.00. The van der Waals surface area contributed by atoms with E-state index in [1.807, 2.05) is 19.6 Å². The van der Waals surface area contributed by atoms with E-state index < -0.39 is 0 Å². The minimum absolute atomic E-state index is 0.0575. The lowest BCUT2D eigenvalue weighted by molar-refractivity contribution is 0.272. The fraction of sp³-hybridized carbons (Fsp3) is 0.800. The molecule has 1 N–H and O–H groups in total. The zero-order valence-electron chi connectivity index (χ0n) is 13.6. The molecule has 0 bridgehead atoms. The van der Waals surface area contributed by atoms with Crippen molar-refractivity contribution in [2.75, 3.05) is 27.7 Å². The van der Waals surface area contributed by atoms with Gasteiger partial charge in [0.25, 0.3) is 0 Å². The lowest BCUT2D eigenvalue weighted by atomic mass is 9.98. The van der Waals surface area contributed by atoms with Crippen LogP contribution in [0.5, 0.6) is 0 Å². The second-order valence-electron chi connectivity index (χ2n) is 6.61. The molecule has 0 fully saturated rings. The molecule has 0 spiro atoms. The van der Waals surface area contributed by atoms with Gasteiger partial charge in [0.05, 0.1) is 23.8 Å². The van der Waals surface area contributed by atoms with Crippen LogP contribution in [0, 0.1) is 5.92 Å². The number of rotatable bonds is 7. The summed E-state index contributed by atoms with van der Waals surface area (Å²) in [5.41, 5.74) is 1.19. The fourth-order valence-corrected chi connectivity index (χ4v) is 2.45. The fourth-order valence-electron chi connectivity index (χ4n) is 2.45. The van der Waals surface area contributed by atoms with Gasteiger partial charge in [-0.25, -0.2) is 4.98 Å². The van der Waals surface area contributed by atoms with Crippen LogP contribution in [-0.4, -0.2) is 42.1 Å². The monoisotopic (exact) mass is 266 g/mol. The molecule has 4 heteroatoms. The van der Waals surface area contributed by atoms with Gasteiger partial charge in [-0.1, -0.05) is 13.8 Å². The summed E-state index contributed by atoms with van der Waals surface area (Å²) in [7, 11) is 6.26. The van der Waals surface area contributed by atoms with Gasteiger partial charge < -0.3 is 14.8 Å². The summed E-state index contributed by atoms with van der Waals surface area (Å²) in [5.74, 6) is 0.679. The van der Waals surface area contributed by atoms with Crippen molar-refractivity contribution in [1.29, 1.82) is 0 Å². The summed E-state index contributed by atoms with van der Waals surface area (Å²) in [5, 5.41) is 3.37. The molecular formula is C15H30N4. The Balaban J connectivity index is 3.06. The van der Waals surface area contributed by atoms with Crippen LogP contribution in [-0.2, 0) is 5.54 Å². The number of hydrogen-bond donors (Lipinski definition) is 1. The zero-order chi connectivity index (χ0) is 14.6. The number of nitrogens with zero attached hydrogens (tertiary/aromatic N) is 3. The SMILES string of the molecule is CNC(C)(C)c1cncn1C(CC(C)C)CN(C)C. The molecule has 0 aliphatic rings. The highest BCUT2D eigenvalue weighted by Gasteiger charge is 2.26. The third kappa shape index (κ3) is 4.32. The van der Waals surface area contributed by atoms with Gasteiger partial charge in [-0.05, 0) is 47.3 Å². The Labute approximate surface area is 118 Å². The number of aromatic nitrogens is 2. The average Bonchev–Trinajstić information content (AvgIpc) is 2.76. The maximum Gasteiger partial charge on any atom is 0.0951 e. The molecule has 110 valence electrons. The zero-order valence-corrected chi connectivity index (χ0v) is 13.6. The van der Waals surface area contributed by atoms with Gasteiger partial charge in [-0.15, -0.1) is 0 Å². The van der Waals surface area contributed by atoms with Crippen molar-refractivity contribution in [3.63, 3.8) is 0 Å². The van der Waals surface area contributed by atoms with E-state index in [2.05, 4.69) is 61.6 Å². The third-order valence-corrected chi connectivity index (χ3v) is 3.64. The Morgan fingerprint density at radius 3 is 2.47 bits per heavy atom. The van der Waals surface area contributed by atoms with Crippen molar-refractivity contribution < 1.29 is 0 Å². The van der Waals surface area contributed by atoms with Crippen molar-refractivity contribution in [1.82, 2.24) is 19.8 Å². The lowest BCUT2D eigenvalue weighted by Gasteiger charge is -2.31.